The van der Waals surface area contributed by atoms with Crippen LogP contribution >= 0.6 is 23.8 Å². The quantitative estimate of drug-likeness (QED) is 0.435. The van der Waals surface area contributed by atoms with Gasteiger partial charge in [0.15, 0.2) is 5.11 Å². The number of thiocarbonyl (C=S) groups is 1. The fraction of sp³-hybridized carbons (Fsp3) is 0.292. The van der Waals surface area contributed by atoms with Gasteiger partial charge in [-0.2, -0.15) is 0 Å². The van der Waals surface area contributed by atoms with E-state index in [9.17, 15) is 4.79 Å². The van der Waals surface area contributed by atoms with Crippen molar-refractivity contribution < 1.29 is 4.79 Å². The number of pyridine rings is 1. The van der Waals surface area contributed by atoms with Crippen molar-refractivity contribution in [3.63, 3.8) is 0 Å². The molecule has 6 nitrogen and oxygen atoms in total. The van der Waals surface area contributed by atoms with Crippen LogP contribution in [0.3, 0.4) is 0 Å². The van der Waals surface area contributed by atoms with Gasteiger partial charge >= 0.3 is 0 Å². The molecule has 166 valence electrons. The van der Waals surface area contributed by atoms with E-state index in [0.717, 1.165) is 28.3 Å². The van der Waals surface area contributed by atoms with Crippen LogP contribution in [0.15, 0.2) is 48.7 Å². The molecule has 3 aromatic rings. The average Bonchev–Trinajstić information content (AvgIpc) is 3.27. The van der Waals surface area contributed by atoms with Gasteiger partial charge in [0.25, 0.3) is 0 Å². The molecule has 1 aliphatic rings. The number of anilines is 2. The van der Waals surface area contributed by atoms with Crippen molar-refractivity contribution >= 4 is 46.2 Å². The van der Waals surface area contributed by atoms with E-state index in [0.29, 0.717) is 15.8 Å². The summed E-state index contributed by atoms with van der Waals surface area (Å²) in [4.78, 5) is 22.2. The van der Waals surface area contributed by atoms with E-state index in [2.05, 4.69) is 38.5 Å². The summed E-state index contributed by atoms with van der Waals surface area (Å²) in [7, 11) is 0. The van der Waals surface area contributed by atoms with Crippen LogP contribution in [0.5, 0.6) is 0 Å². The number of aromatic amines is 1. The Morgan fingerprint density at radius 3 is 2.59 bits per heavy atom. The number of carbonyl (C=O) groups excluding carboxylic acids is 1. The summed E-state index contributed by atoms with van der Waals surface area (Å²) in [6.07, 6.45) is 1.79. The monoisotopic (exact) mass is 467 g/mol. The summed E-state index contributed by atoms with van der Waals surface area (Å²) in [5.41, 5.74) is 5.64. The molecule has 1 aromatic carbocycles. The van der Waals surface area contributed by atoms with E-state index >= 15 is 0 Å². The lowest BCUT2D eigenvalue weighted by molar-refractivity contribution is -0.118. The number of rotatable bonds is 5. The Morgan fingerprint density at radius 1 is 1.22 bits per heavy atom. The van der Waals surface area contributed by atoms with Crippen LogP contribution in [-0.2, 0) is 4.79 Å². The van der Waals surface area contributed by atoms with Crippen LogP contribution in [-0.4, -0.2) is 21.0 Å². The zero-order chi connectivity index (χ0) is 23.0. The van der Waals surface area contributed by atoms with E-state index in [1.165, 1.54) is 0 Å². The number of nitrogens with one attached hydrogen (secondary N) is 3. The summed E-state index contributed by atoms with van der Waals surface area (Å²) in [5, 5.41) is 7.38. The minimum absolute atomic E-state index is 0.0791. The van der Waals surface area contributed by atoms with Gasteiger partial charge in [-0.25, -0.2) is 0 Å². The number of nitrogens with zero attached hydrogens (tertiary/aromatic N) is 2. The largest absolute Gasteiger partial charge is 0.362 e. The molecule has 2 atom stereocenters. The van der Waals surface area contributed by atoms with E-state index in [1.54, 1.807) is 6.20 Å². The molecular formula is C24H26ClN5OS. The molecule has 0 bridgehead atoms. The highest BCUT2D eigenvalue weighted by Crippen LogP contribution is 2.43. The Bertz CT molecular complexity index is 1160. The number of H-pyrrole nitrogens is 1. The zero-order valence-electron chi connectivity index (χ0n) is 18.4. The summed E-state index contributed by atoms with van der Waals surface area (Å²) in [6, 6.07) is 13.4. The molecule has 4 rings (SSSR count). The summed E-state index contributed by atoms with van der Waals surface area (Å²) >= 11 is 12.3. The molecule has 0 saturated carbocycles. The number of benzene rings is 1. The Hall–Kier alpha value is -2.90. The number of halogens is 1. The predicted molar refractivity (Wildman–Crippen MR) is 133 cm³/mol. The van der Waals surface area contributed by atoms with Crippen molar-refractivity contribution in [3.05, 3.63) is 76.3 Å². The molecule has 3 heterocycles. The van der Waals surface area contributed by atoms with Crippen molar-refractivity contribution in [2.24, 2.45) is 5.92 Å². The number of aryl methyl sites for hydroxylation is 2. The third-order valence-electron chi connectivity index (χ3n) is 5.62. The second-order valence-corrected chi connectivity index (χ2v) is 9.13. The van der Waals surface area contributed by atoms with Crippen molar-refractivity contribution in [2.45, 2.75) is 39.8 Å². The number of aromatic nitrogens is 2. The highest BCUT2D eigenvalue weighted by molar-refractivity contribution is 7.80. The molecule has 32 heavy (non-hydrogen) atoms. The lowest BCUT2D eigenvalue weighted by atomic mass is 9.96. The first-order valence-corrected chi connectivity index (χ1v) is 11.3. The maximum Gasteiger partial charge on any atom is 0.226 e. The van der Waals surface area contributed by atoms with Gasteiger partial charge in [-0.3, -0.25) is 9.78 Å². The highest BCUT2D eigenvalue weighted by atomic mass is 35.5. The van der Waals surface area contributed by atoms with Crippen LogP contribution in [0.2, 0.25) is 5.02 Å². The van der Waals surface area contributed by atoms with E-state index in [4.69, 9.17) is 23.8 Å². The minimum Gasteiger partial charge on any atom is -0.362 e. The molecule has 2 unspecified atom stereocenters. The van der Waals surface area contributed by atoms with E-state index in [1.807, 2.05) is 57.2 Å². The van der Waals surface area contributed by atoms with Crippen LogP contribution in [0.1, 0.15) is 48.6 Å². The van der Waals surface area contributed by atoms with Crippen molar-refractivity contribution in [1.29, 1.82) is 0 Å². The Kier molecular flexibility index (Phi) is 6.22. The fourth-order valence-electron chi connectivity index (χ4n) is 4.03. The highest BCUT2D eigenvalue weighted by Gasteiger charge is 2.41. The first-order chi connectivity index (χ1) is 15.3. The summed E-state index contributed by atoms with van der Waals surface area (Å²) in [6.45, 7) is 7.79. The number of hydrogen-bond acceptors (Lipinski definition) is 3. The molecule has 0 radical (unpaired) electrons. The standard InChI is InChI=1S/C24H26ClN5OS/c1-13(2)23(31)28-19-9-8-16(12-18(19)25)30-22(17-11-14(3)27-15(17)4)21(29-24(30)32)20-7-5-6-10-26-20/h5-13,21-22,27H,1-4H3,(H,28,31)(H,29,32). The lowest BCUT2D eigenvalue weighted by Gasteiger charge is -2.28. The van der Waals surface area contributed by atoms with Gasteiger partial charge in [0.2, 0.25) is 5.91 Å². The third kappa shape index (κ3) is 4.23. The third-order valence-corrected chi connectivity index (χ3v) is 6.25. The normalized spacial score (nSPS) is 18.2. The first-order valence-electron chi connectivity index (χ1n) is 10.5. The van der Waals surface area contributed by atoms with Crippen molar-refractivity contribution in [2.75, 3.05) is 10.2 Å². The molecule has 3 N–H and O–H groups in total. The number of hydrogen-bond donors (Lipinski definition) is 3. The second kappa shape index (κ2) is 8.92. The van der Waals surface area contributed by atoms with Gasteiger partial charge in [0.05, 0.1) is 28.5 Å². The van der Waals surface area contributed by atoms with Gasteiger partial charge in [-0.05, 0) is 68.0 Å². The van der Waals surface area contributed by atoms with Crippen LogP contribution < -0.4 is 15.5 Å². The van der Waals surface area contributed by atoms with Crippen molar-refractivity contribution in [1.82, 2.24) is 15.3 Å². The molecule has 1 amide bonds. The van der Waals surface area contributed by atoms with Crippen molar-refractivity contribution in [3.8, 4) is 0 Å². The maximum absolute atomic E-state index is 12.1. The van der Waals surface area contributed by atoms with Gasteiger partial charge < -0.3 is 20.5 Å². The van der Waals surface area contributed by atoms with Crippen LogP contribution in [0.25, 0.3) is 0 Å². The van der Waals surface area contributed by atoms with Gasteiger partial charge in [0.1, 0.15) is 0 Å². The van der Waals surface area contributed by atoms with Gasteiger partial charge in [-0.1, -0.05) is 31.5 Å². The van der Waals surface area contributed by atoms with E-state index < -0.39 is 0 Å². The fourth-order valence-corrected chi connectivity index (χ4v) is 4.60. The predicted octanol–water partition coefficient (Wildman–Crippen LogP) is 5.45. The topological polar surface area (TPSA) is 73.1 Å². The Labute approximate surface area is 198 Å². The van der Waals surface area contributed by atoms with E-state index in [-0.39, 0.29) is 23.9 Å². The molecule has 2 aromatic heterocycles. The molecular weight excluding hydrogens is 442 g/mol. The van der Waals surface area contributed by atoms with Crippen LogP contribution in [0, 0.1) is 19.8 Å². The molecule has 8 heteroatoms. The number of amides is 1. The molecule has 0 spiro atoms. The Morgan fingerprint density at radius 2 is 2.00 bits per heavy atom. The zero-order valence-corrected chi connectivity index (χ0v) is 20.0. The summed E-state index contributed by atoms with van der Waals surface area (Å²) in [5.74, 6) is -0.214. The SMILES string of the molecule is Cc1cc(C2C(c3ccccn3)NC(=S)N2c2ccc(NC(=O)C(C)C)c(Cl)c2)c(C)[nH]1. The summed E-state index contributed by atoms with van der Waals surface area (Å²) < 4.78 is 0. The van der Waals surface area contributed by atoms with Gasteiger partial charge in [0, 0.05) is 29.2 Å². The smallest absolute Gasteiger partial charge is 0.226 e. The first kappa shape index (κ1) is 22.3. The average molecular weight is 468 g/mol. The second-order valence-electron chi connectivity index (χ2n) is 8.34. The molecule has 1 aliphatic heterocycles. The molecule has 1 saturated heterocycles. The van der Waals surface area contributed by atoms with Gasteiger partial charge in [-0.15, -0.1) is 0 Å². The molecule has 1 fully saturated rings. The lowest BCUT2D eigenvalue weighted by Crippen LogP contribution is -2.29. The minimum atomic E-state index is -0.135. The molecule has 0 aliphatic carbocycles. The maximum atomic E-state index is 12.1. The number of carbonyl (C=O) groups is 1. The Balaban J connectivity index is 1.76. The van der Waals surface area contributed by atoms with Crippen LogP contribution in [0.4, 0.5) is 11.4 Å².